The number of hydrogen-bond acceptors (Lipinski definition) is 4. The summed E-state index contributed by atoms with van der Waals surface area (Å²) in [7, 11) is 0. The molecular weight excluding hydrogens is 294 g/mol. The number of carboxylic acid groups (broad SMARTS) is 1. The summed E-state index contributed by atoms with van der Waals surface area (Å²) in [5.41, 5.74) is 0.691. The van der Waals surface area contributed by atoms with Crippen LogP contribution in [0.5, 0.6) is 5.75 Å². The highest BCUT2D eigenvalue weighted by atomic mass is 35.5. The molecule has 0 fully saturated rings. The Kier molecular flexibility index (Phi) is 5.57. The van der Waals surface area contributed by atoms with Crippen molar-refractivity contribution in [2.24, 2.45) is 0 Å². The van der Waals surface area contributed by atoms with Crippen LogP contribution in [0.15, 0.2) is 30.5 Å². The van der Waals surface area contributed by atoms with Crippen molar-refractivity contribution in [3.8, 4) is 5.75 Å². The van der Waals surface area contributed by atoms with Gasteiger partial charge in [0.25, 0.3) is 0 Å². The van der Waals surface area contributed by atoms with Crippen LogP contribution < -0.4 is 4.74 Å². The van der Waals surface area contributed by atoms with Crippen molar-refractivity contribution < 1.29 is 14.6 Å². The topological polar surface area (TPSA) is 77.2 Å². The lowest BCUT2D eigenvalue weighted by Crippen LogP contribution is -2.05. The number of benzene rings is 1. The van der Waals surface area contributed by atoms with Crippen LogP contribution >= 0.6 is 11.6 Å². The normalized spacial score (nSPS) is 10.5. The molecular formula is C14H16ClN3O3. The van der Waals surface area contributed by atoms with Gasteiger partial charge < -0.3 is 9.84 Å². The highest BCUT2D eigenvalue weighted by molar-refractivity contribution is 6.30. The number of aromatic nitrogens is 3. The number of nitrogens with zero attached hydrogens (tertiary/aromatic N) is 3. The number of aliphatic carboxylic acids is 1. The number of rotatable bonds is 8. The molecule has 7 heteroatoms. The third-order valence-corrected chi connectivity index (χ3v) is 3.05. The van der Waals surface area contributed by atoms with Gasteiger partial charge in [-0.15, -0.1) is 5.10 Å². The molecule has 0 amide bonds. The Hall–Kier alpha value is -2.08. The zero-order valence-electron chi connectivity index (χ0n) is 11.4. The summed E-state index contributed by atoms with van der Waals surface area (Å²) in [6, 6.07) is 7.20. The SMILES string of the molecule is O=C(O)CCc1cn(CCCOc2ccc(Cl)cc2)nn1. The van der Waals surface area contributed by atoms with Crippen molar-refractivity contribution in [1.29, 1.82) is 0 Å². The molecule has 2 rings (SSSR count). The van der Waals surface area contributed by atoms with Gasteiger partial charge in [-0.3, -0.25) is 9.48 Å². The lowest BCUT2D eigenvalue weighted by atomic mass is 10.2. The molecule has 0 atom stereocenters. The first-order valence-electron chi connectivity index (χ1n) is 6.62. The van der Waals surface area contributed by atoms with E-state index in [9.17, 15) is 4.79 Å². The second-order valence-corrected chi connectivity index (χ2v) is 4.96. The van der Waals surface area contributed by atoms with E-state index in [-0.39, 0.29) is 6.42 Å². The van der Waals surface area contributed by atoms with E-state index in [0.29, 0.717) is 30.3 Å². The molecule has 0 radical (unpaired) electrons. The van der Waals surface area contributed by atoms with Gasteiger partial charge in [0, 0.05) is 30.6 Å². The Morgan fingerprint density at radius 1 is 1.33 bits per heavy atom. The minimum atomic E-state index is -0.832. The second-order valence-electron chi connectivity index (χ2n) is 4.52. The van der Waals surface area contributed by atoms with Crippen molar-refractivity contribution >= 4 is 17.6 Å². The van der Waals surface area contributed by atoms with Crippen LogP contribution in [0.25, 0.3) is 0 Å². The van der Waals surface area contributed by atoms with Crippen LogP contribution in [0.4, 0.5) is 0 Å². The van der Waals surface area contributed by atoms with Gasteiger partial charge in [-0.25, -0.2) is 0 Å². The van der Waals surface area contributed by atoms with Gasteiger partial charge in [-0.05, 0) is 24.3 Å². The lowest BCUT2D eigenvalue weighted by Gasteiger charge is -2.05. The predicted octanol–water partition coefficient (Wildman–Crippen LogP) is 2.42. The second kappa shape index (κ2) is 7.64. The molecule has 0 spiro atoms. The summed E-state index contributed by atoms with van der Waals surface area (Å²) < 4.78 is 7.27. The van der Waals surface area contributed by atoms with Crippen LogP contribution in [0, 0.1) is 0 Å². The van der Waals surface area contributed by atoms with E-state index in [1.165, 1.54) is 0 Å². The summed E-state index contributed by atoms with van der Waals surface area (Å²) >= 11 is 5.79. The summed E-state index contributed by atoms with van der Waals surface area (Å²) in [6.45, 7) is 1.24. The maximum atomic E-state index is 10.5. The average molecular weight is 310 g/mol. The number of halogens is 1. The summed E-state index contributed by atoms with van der Waals surface area (Å²) in [5, 5.41) is 17.2. The fourth-order valence-electron chi connectivity index (χ4n) is 1.74. The number of hydrogen-bond donors (Lipinski definition) is 1. The van der Waals surface area contributed by atoms with E-state index >= 15 is 0 Å². The molecule has 0 aliphatic rings. The first-order chi connectivity index (χ1) is 10.1. The molecule has 0 saturated carbocycles. The molecule has 0 aliphatic carbocycles. The van der Waals surface area contributed by atoms with Crippen molar-refractivity contribution in [2.45, 2.75) is 25.8 Å². The average Bonchev–Trinajstić information content (AvgIpc) is 2.91. The molecule has 0 saturated heterocycles. The highest BCUT2D eigenvalue weighted by Gasteiger charge is 2.04. The quantitative estimate of drug-likeness (QED) is 0.758. The van der Waals surface area contributed by atoms with Gasteiger partial charge in [0.1, 0.15) is 5.75 Å². The number of carbonyl (C=O) groups is 1. The van der Waals surface area contributed by atoms with E-state index in [4.69, 9.17) is 21.4 Å². The monoisotopic (exact) mass is 309 g/mol. The third kappa shape index (κ3) is 5.43. The van der Waals surface area contributed by atoms with E-state index in [1.807, 2.05) is 12.1 Å². The first-order valence-corrected chi connectivity index (χ1v) is 7.00. The largest absolute Gasteiger partial charge is 0.494 e. The molecule has 0 unspecified atom stereocenters. The number of aryl methyl sites for hydroxylation is 2. The Morgan fingerprint density at radius 3 is 2.81 bits per heavy atom. The smallest absolute Gasteiger partial charge is 0.303 e. The molecule has 1 aromatic carbocycles. The molecule has 2 aromatic rings. The first kappa shape index (κ1) is 15.3. The zero-order chi connectivity index (χ0) is 15.1. The van der Waals surface area contributed by atoms with Crippen LogP contribution in [-0.4, -0.2) is 32.7 Å². The third-order valence-electron chi connectivity index (χ3n) is 2.80. The molecule has 6 nitrogen and oxygen atoms in total. The van der Waals surface area contributed by atoms with Gasteiger partial charge in [-0.1, -0.05) is 16.8 Å². The van der Waals surface area contributed by atoms with Crippen LogP contribution in [0.3, 0.4) is 0 Å². The fraction of sp³-hybridized carbons (Fsp3) is 0.357. The maximum absolute atomic E-state index is 10.5. The fourth-order valence-corrected chi connectivity index (χ4v) is 1.87. The summed E-state index contributed by atoms with van der Waals surface area (Å²) in [5.74, 6) is -0.0546. The van der Waals surface area contributed by atoms with Crippen molar-refractivity contribution in [2.75, 3.05) is 6.61 Å². The van der Waals surface area contributed by atoms with Gasteiger partial charge in [0.05, 0.1) is 18.7 Å². The Labute approximate surface area is 127 Å². The van der Waals surface area contributed by atoms with Gasteiger partial charge in [0.2, 0.25) is 0 Å². The molecule has 112 valence electrons. The van der Waals surface area contributed by atoms with Gasteiger partial charge >= 0.3 is 5.97 Å². The van der Waals surface area contributed by atoms with Crippen molar-refractivity contribution in [3.05, 3.63) is 41.2 Å². The molecule has 21 heavy (non-hydrogen) atoms. The van der Waals surface area contributed by atoms with Gasteiger partial charge in [0.15, 0.2) is 0 Å². The number of carboxylic acids is 1. The van der Waals surface area contributed by atoms with Crippen LogP contribution in [-0.2, 0) is 17.8 Å². The molecule has 0 aliphatic heterocycles. The van der Waals surface area contributed by atoms with Crippen molar-refractivity contribution in [3.63, 3.8) is 0 Å². The predicted molar refractivity (Wildman–Crippen MR) is 77.5 cm³/mol. The van der Waals surface area contributed by atoms with E-state index in [2.05, 4.69) is 10.3 Å². The molecule has 0 bridgehead atoms. The molecule has 1 heterocycles. The lowest BCUT2D eigenvalue weighted by molar-refractivity contribution is -0.136. The number of ether oxygens (including phenoxy) is 1. The summed E-state index contributed by atoms with van der Waals surface area (Å²) in [6.07, 6.45) is 3.02. The Morgan fingerprint density at radius 2 is 2.10 bits per heavy atom. The zero-order valence-corrected chi connectivity index (χ0v) is 12.2. The maximum Gasteiger partial charge on any atom is 0.303 e. The van der Waals surface area contributed by atoms with Gasteiger partial charge in [-0.2, -0.15) is 0 Å². The van der Waals surface area contributed by atoms with E-state index in [0.717, 1.165) is 12.2 Å². The van der Waals surface area contributed by atoms with Crippen LogP contribution in [0.1, 0.15) is 18.5 Å². The Balaban J connectivity index is 1.68. The summed E-state index contributed by atoms with van der Waals surface area (Å²) in [4.78, 5) is 10.5. The standard InChI is InChI=1S/C14H16ClN3O3/c15-11-2-5-13(6-3-11)21-9-1-8-18-10-12(16-17-18)4-7-14(19)20/h2-3,5-6,10H,1,4,7-9H2,(H,19,20). The Bertz CT molecular complexity index is 583. The molecule has 1 N–H and O–H groups in total. The van der Waals surface area contributed by atoms with E-state index < -0.39 is 5.97 Å². The minimum Gasteiger partial charge on any atom is -0.494 e. The highest BCUT2D eigenvalue weighted by Crippen LogP contribution is 2.15. The minimum absolute atomic E-state index is 0.0678. The van der Waals surface area contributed by atoms with Crippen LogP contribution in [0.2, 0.25) is 5.02 Å². The van der Waals surface area contributed by atoms with Crippen molar-refractivity contribution in [1.82, 2.24) is 15.0 Å². The van der Waals surface area contributed by atoms with E-state index in [1.54, 1.807) is 23.0 Å². The molecule has 1 aromatic heterocycles.